The topological polar surface area (TPSA) is 52.6 Å². The van der Waals surface area contributed by atoms with Crippen LogP contribution in [0, 0.1) is 5.82 Å². The molecule has 0 fully saturated rings. The van der Waals surface area contributed by atoms with E-state index in [0.29, 0.717) is 11.7 Å². The maximum absolute atomic E-state index is 13.2. The van der Waals surface area contributed by atoms with Gasteiger partial charge >= 0.3 is 0 Å². The van der Waals surface area contributed by atoms with E-state index in [4.69, 9.17) is 16.6 Å². The van der Waals surface area contributed by atoms with Gasteiger partial charge in [-0.1, -0.05) is 29.8 Å². The molecule has 5 nitrogen and oxygen atoms in total. The number of nitrogens with zero attached hydrogens (tertiary/aromatic N) is 3. The molecule has 0 aliphatic carbocycles. The number of hydrogen-bond donors (Lipinski definition) is 2. The smallest absolute Gasteiger partial charge is 0.191 e. The van der Waals surface area contributed by atoms with Gasteiger partial charge in [-0.25, -0.2) is 9.37 Å². The summed E-state index contributed by atoms with van der Waals surface area (Å²) in [5, 5.41) is 7.09. The third kappa shape index (κ3) is 8.28. The first-order valence-electron chi connectivity index (χ1n) is 9.04. The Kier molecular flexibility index (Phi) is 11.3. The molecule has 0 saturated carbocycles. The molecule has 1 heterocycles. The largest absolute Gasteiger partial charge is 0.357 e. The number of hydrogen-bond acceptors (Lipinski definition) is 3. The summed E-state index contributed by atoms with van der Waals surface area (Å²) in [6.45, 7) is 4.11. The third-order valence-electron chi connectivity index (χ3n) is 4.14. The standard InChI is InChI=1S/C20H27ClFN5.HI/c1-4-23-20(24-12-11-15-5-10-19(21)25-13-15)26-14-18(27(2)3)16-6-8-17(22)9-7-16;/h5-10,13,18H,4,11-12,14H2,1-3H3,(H2,23,24,26);1H. The van der Waals surface area contributed by atoms with Crippen molar-refractivity contribution in [2.24, 2.45) is 4.99 Å². The molecule has 1 aromatic carbocycles. The van der Waals surface area contributed by atoms with Crippen molar-refractivity contribution in [2.75, 3.05) is 33.7 Å². The molecule has 2 aromatic rings. The fourth-order valence-electron chi connectivity index (χ4n) is 2.65. The van der Waals surface area contributed by atoms with Gasteiger partial charge in [0.15, 0.2) is 5.96 Å². The number of nitrogens with one attached hydrogen (secondary N) is 2. The molecule has 154 valence electrons. The number of benzene rings is 1. The fourth-order valence-corrected chi connectivity index (χ4v) is 2.76. The summed E-state index contributed by atoms with van der Waals surface area (Å²) in [6.07, 6.45) is 2.61. The number of rotatable bonds is 8. The van der Waals surface area contributed by atoms with Gasteiger partial charge in [0, 0.05) is 19.3 Å². The van der Waals surface area contributed by atoms with E-state index in [0.717, 1.165) is 36.6 Å². The fraction of sp³-hybridized carbons (Fsp3) is 0.400. The predicted molar refractivity (Wildman–Crippen MR) is 125 cm³/mol. The molecular weight excluding hydrogens is 492 g/mol. The predicted octanol–water partition coefficient (Wildman–Crippen LogP) is 3.89. The van der Waals surface area contributed by atoms with Crippen molar-refractivity contribution in [1.29, 1.82) is 0 Å². The molecule has 0 spiro atoms. The summed E-state index contributed by atoms with van der Waals surface area (Å²) in [5.41, 5.74) is 2.15. The van der Waals surface area contributed by atoms with Gasteiger partial charge in [0.1, 0.15) is 11.0 Å². The Morgan fingerprint density at radius 2 is 1.89 bits per heavy atom. The molecule has 2 rings (SSSR count). The number of pyridine rings is 1. The van der Waals surface area contributed by atoms with Crippen LogP contribution in [0.4, 0.5) is 4.39 Å². The van der Waals surface area contributed by atoms with Gasteiger partial charge in [-0.15, -0.1) is 24.0 Å². The lowest BCUT2D eigenvalue weighted by Gasteiger charge is -2.23. The van der Waals surface area contributed by atoms with Gasteiger partial charge in [-0.05, 0) is 56.8 Å². The molecule has 0 aliphatic rings. The summed E-state index contributed by atoms with van der Waals surface area (Å²) >= 11 is 5.81. The van der Waals surface area contributed by atoms with Gasteiger partial charge < -0.3 is 15.5 Å². The average molecular weight is 520 g/mol. The Hall–Kier alpha value is -1.45. The maximum atomic E-state index is 13.2. The van der Waals surface area contributed by atoms with Crippen LogP contribution in [0.1, 0.15) is 24.1 Å². The van der Waals surface area contributed by atoms with Crippen LogP contribution >= 0.6 is 35.6 Å². The molecule has 0 saturated heterocycles. The number of halogens is 3. The summed E-state index contributed by atoms with van der Waals surface area (Å²) in [6, 6.07) is 10.4. The van der Waals surface area contributed by atoms with Gasteiger partial charge in [0.05, 0.1) is 12.6 Å². The highest BCUT2D eigenvalue weighted by Crippen LogP contribution is 2.18. The van der Waals surface area contributed by atoms with Crippen molar-refractivity contribution in [3.8, 4) is 0 Å². The Bertz CT molecular complexity index is 722. The first kappa shape index (κ1) is 24.6. The van der Waals surface area contributed by atoms with E-state index < -0.39 is 0 Å². The Labute approximate surface area is 188 Å². The van der Waals surface area contributed by atoms with Crippen LogP contribution in [-0.2, 0) is 6.42 Å². The summed E-state index contributed by atoms with van der Waals surface area (Å²) in [5.74, 6) is 0.528. The van der Waals surface area contributed by atoms with E-state index in [2.05, 4.69) is 20.5 Å². The second-order valence-electron chi connectivity index (χ2n) is 6.42. The monoisotopic (exact) mass is 519 g/mol. The summed E-state index contributed by atoms with van der Waals surface area (Å²) in [7, 11) is 3.99. The van der Waals surface area contributed by atoms with Crippen LogP contribution < -0.4 is 10.6 Å². The molecule has 2 N–H and O–H groups in total. The van der Waals surface area contributed by atoms with Crippen LogP contribution in [0.25, 0.3) is 0 Å². The third-order valence-corrected chi connectivity index (χ3v) is 4.36. The number of guanidine groups is 1. The second kappa shape index (κ2) is 12.9. The van der Waals surface area contributed by atoms with Crippen molar-refractivity contribution in [1.82, 2.24) is 20.5 Å². The lowest BCUT2D eigenvalue weighted by Crippen LogP contribution is -2.39. The highest BCUT2D eigenvalue weighted by atomic mass is 127. The molecule has 8 heteroatoms. The Balaban J connectivity index is 0.00000392. The van der Waals surface area contributed by atoms with Crippen molar-refractivity contribution in [3.63, 3.8) is 0 Å². The van der Waals surface area contributed by atoms with E-state index in [1.54, 1.807) is 12.3 Å². The van der Waals surface area contributed by atoms with Crippen molar-refractivity contribution in [3.05, 3.63) is 64.7 Å². The van der Waals surface area contributed by atoms with Gasteiger partial charge in [-0.2, -0.15) is 0 Å². The lowest BCUT2D eigenvalue weighted by molar-refractivity contribution is 0.306. The van der Waals surface area contributed by atoms with Crippen LogP contribution in [0.3, 0.4) is 0 Å². The molecular formula is C20H28ClFIN5. The average Bonchev–Trinajstić information content (AvgIpc) is 2.64. The first-order valence-corrected chi connectivity index (χ1v) is 9.42. The van der Waals surface area contributed by atoms with Gasteiger partial charge in [-0.3, -0.25) is 4.99 Å². The minimum Gasteiger partial charge on any atom is -0.357 e. The lowest BCUT2D eigenvalue weighted by atomic mass is 10.1. The zero-order chi connectivity index (χ0) is 19.6. The molecule has 1 unspecified atom stereocenters. The number of aliphatic imine (C=N–C) groups is 1. The highest BCUT2D eigenvalue weighted by Gasteiger charge is 2.14. The maximum Gasteiger partial charge on any atom is 0.191 e. The van der Waals surface area contributed by atoms with E-state index in [1.165, 1.54) is 12.1 Å². The van der Waals surface area contributed by atoms with Gasteiger partial charge in [0.25, 0.3) is 0 Å². The Morgan fingerprint density at radius 3 is 2.46 bits per heavy atom. The second-order valence-corrected chi connectivity index (χ2v) is 6.80. The molecule has 0 bridgehead atoms. The first-order chi connectivity index (χ1) is 13.0. The Morgan fingerprint density at radius 1 is 1.18 bits per heavy atom. The summed E-state index contributed by atoms with van der Waals surface area (Å²) in [4.78, 5) is 10.9. The number of aromatic nitrogens is 1. The summed E-state index contributed by atoms with van der Waals surface area (Å²) < 4.78 is 13.2. The molecule has 1 aromatic heterocycles. The minimum atomic E-state index is -0.230. The zero-order valence-corrected chi connectivity index (χ0v) is 19.5. The molecule has 0 amide bonds. The SMILES string of the molecule is CCNC(=NCC(c1ccc(F)cc1)N(C)C)NCCc1ccc(Cl)nc1.I. The highest BCUT2D eigenvalue weighted by molar-refractivity contribution is 14.0. The van der Waals surface area contributed by atoms with E-state index in [-0.39, 0.29) is 35.8 Å². The van der Waals surface area contributed by atoms with Crippen LogP contribution in [-0.4, -0.2) is 49.6 Å². The quantitative estimate of drug-likeness (QED) is 0.240. The molecule has 28 heavy (non-hydrogen) atoms. The van der Waals surface area contributed by atoms with Crippen LogP contribution in [0.2, 0.25) is 5.15 Å². The molecule has 1 atom stereocenters. The van der Waals surface area contributed by atoms with Crippen LogP contribution in [0.15, 0.2) is 47.6 Å². The normalized spacial score (nSPS) is 12.4. The number of likely N-dealkylation sites (N-methyl/N-ethyl adjacent to an activating group) is 1. The van der Waals surface area contributed by atoms with E-state index in [1.807, 2.05) is 39.2 Å². The van der Waals surface area contributed by atoms with Gasteiger partial charge in [0.2, 0.25) is 0 Å². The van der Waals surface area contributed by atoms with Crippen molar-refractivity contribution in [2.45, 2.75) is 19.4 Å². The molecule has 0 aliphatic heterocycles. The zero-order valence-electron chi connectivity index (χ0n) is 16.5. The molecule has 0 radical (unpaired) electrons. The van der Waals surface area contributed by atoms with E-state index in [9.17, 15) is 4.39 Å². The van der Waals surface area contributed by atoms with Crippen molar-refractivity contribution < 1.29 is 4.39 Å². The van der Waals surface area contributed by atoms with Crippen molar-refractivity contribution >= 4 is 41.5 Å². The minimum absolute atomic E-state index is 0. The van der Waals surface area contributed by atoms with Crippen LogP contribution in [0.5, 0.6) is 0 Å². The van der Waals surface area contributed by atoms with E-state index >= 15 is 0 Å².